The van der Waals surface area contributed by atoms with Crippen LogP contribution in [0.2, 0.25) is 0 Å². The predicted octanol–water partition coefficient (Wildman–Crippen LogP) is 4.51. The van der Waals surface area contributed by atoms with Crippen LogP contribution in [-0.2, 0) is 14.3 Å². The number of hydrogen-bond donors (Lipinski definition) is 2. The Morgan fingerprint density at radius 1 is 1.03 bits per heavy atom. The number of alkyl carbamates (subject to hydrolysis) is 1. The van der Waals surface area contributed by atoms with Crippen molar-refractivity contribution in [2.24, 2.45) is 17.3 Å². The summed E-state index contributed by atoms with van der Waals surface area (Å²) < 4.78 is 5.67. The van der Waals surface area contributed by atoms with E-state index in [9.17, 15) is 14.4 Å². The molecule has 2 aromatic carbocycles. The molecule has 7 heteroatoms. The lowest BCUT2D eigenvalue weighted by atomic mass is 9.86. The average molecular weight is 479 g/mol. The number of hydrogen-bond acceptors (Lipinski definition) is 4. The summed E-state index contributed by atoms with van der Waals surface area (Å²) in [5, 5.41) is 12.0. The summed E-state index contributed by atoms with van der Waals surface area (Å²) in [5.41, 5.74) is 4.01. The molecule has 2 amide bonds. The highest BCUT2D eigenvalue weighted by molar-refractivity contribution is 5.87. The highest BCUT2D eigenvalue weighted by atomic mass is 16.5. The Hall–Kier alpha value is -3.35. The van der Waals surface area contributed by atoms with Crippen LogP contribution in [0, 0.1) is 17.3 Å². The Morgan fingerprint density at radius 3 is 2.14 bits per heavy atom. The number of amides is 2. The molecule has 1 saturated heterocycles. The summed E-state index contributed by atoms with van der Waals surface area (Å²) in [4.78, 5) is 39.1. The van der Waals surface area contributed by atoms with Gasteiger partial charge < -0.3 is 20.1 Å². The molecule has 0 spiro atoms. The standard InChI is InChI=1S/C28H34N2O5/c1-17-14-30(15-18(17)13-24(31)32)26(33)25(28(2,3)4)29-27(34)35-16-23-21-11-7-5-9-19(21)20-10-6-8-12-22(20)23/h5-12,17-18,23,25H,13-16H2,1-4H3,(H,29,34)(H,31,32)/t17-,18-,25-/m1/s1. The van der Waals surface area contributed by atoms with Crippen molar-refractivity contribution in [3.05, 3.63) is 59.7 Å². The number of carbonyl (C=O) groups excluding carboxylic acids is 2. The van der Waals surface area contributed by atoms with Crippen LogP contribution in [-0.4, -0.2) is 53.7 Å². The van der Waals surface area contributed by atoms with E-state index in [-0.39, 0.29) is 36.7 Å². The molecule has 2 aromatic rings. The van der Waals surface area contributed by atoms with Crippen molar-refractivity contribution in [2.75, 3.05) is 19.7 Å². The minimum atomic E-state index is -0.861. The number of likely N-dealkylation sites (tertiary alicyclic amines) is 1. The molecule has 0 unspecified atom stereocenters. The highest BCUT2D eigenvalue weighted by Crippen LogP contribution is 2.44. The second-order valence-corrected chi connectivity index (χ2v) is 10.8. The summed E-state index contributed by atoms with van der Waals surface area (Å²) >= 11 is 0. The first-order chi connectivity index (χ1) is 16.6. The van der Waals surface area contributed by atoms with Gasteiger partial charge in [0.15, 0.2) is 0 Å². The Kier molecular flexibility index (Phi) is 6.88. The van der Waals surface area contributed by atoms with Gasteiger partial charge in [0.1, 0.15) is 12.6 Å². The topological polar surface area (TPSA) is 95.9 Å². The molecule has 1 fully saturated rings. The van der Waals surface area contributed by atoms with E-state index in [1.165, 1.54) is 0 Å². The van der Waals surface area contributed by atoms with Gasteiger partial charge >= 0.3 is 12.1 Å². The van der Waals surface area contributed by atoms with E-state index in [0.717, 1.165) is 22.3 Å². The first-order valence-corrected chi connectivity index (χ1v) is 12.2. The molecule has 0 bridgehead atoms. The lowest BCUT2D eigenvalue weighted by molar-refractivity contribution is -0.139. The van der Waals surface area contributed by atoms with Crippen molar-refractivity contribution in [1.82, 2.24) is 10.2 Å². The largest absolute Gasteiger partial charge is 0.481 e. The van der Waals surface area contributed by atoms with Crippen molar-refractivity contribution in [1.29, 1.82) is 0 Å². The van der Waals surface area contributed by atoms with Crippen molar-refractivity contribution in [2.45, 2.75) is 46.1 Å². The zero-order valence-corrected chi connectivity index (χ0v) is 20.8. The molecule has 0 radical (unpaired) electrons. The number of ether oxygens (including phenoxy) is 1. The van der Waals surface area contributed by atoms with E-state index < -0.39 is 23.5 Å². The van der Waals surface area contributed by atoms with Crippen LogP contribution >= 0.6 is 0 Å². The first kappa shape index (κ1) is 24.8. The number of benzene rings is 2. The molecule has 1 aliphatic heterocycles. The first-order valence-electron chi connectivity index (χ1n) is 12.2. The molecule has 1 heterocycles. The van der Waals surface area contributed by atoms with Gasteiger partial charge in [-0.3, -0.25) is 9.59 Å². The van der Waals surface area contributed by atoms with Crippen molar-refractivity contribution in [3.8, 4) is 11.1 Å². The maximum absolute atomic E-state index is 13.4. The number of carboxylic acid groups (broad SMARTS) is 1. The SMILES string of the molecule is C[C@@H]1CN(C(=O)[C@@H](NC(=O)OCC2c3ccccc3-c3ccccc32)C(C)(C)C)C[C@H]1CC(=O)O. The van der Waals surface area contributed by atoms with Crippen LogP contribution in [0.1, 0.15) is 51.2 Å². The Morgan fingerprint density at radius 2 is 1.60 bits per heavy atom. The van der Waals surface area contributed by atoms with Crippen LogP contribution in [0.3, 0.4) is 0 Å². The third-order valence-corrected chi connectivity index (χ3v) is 7.24. The van der Waals surface area contributed by atoms with Gasteiger partial charge in [0.2, 0.25) is 5.91 Å². The monoisotopic (exact) mass is 478 g/mol. The number of nitrogens with zero attached hydrogens (tertiary/aromatic N) is 1. The maximum atomic E-state index is 13.4. The van der Waals surface area contributed by atoms with E-state index in [1.54, 1.807) is 4.90 Å². The van der Waals surface area contributed by atoms with Gasteiger partial charge in [-0.15, -0.1) is 0 Å². The number of fused-ring (bicyclic) bond motifs is 3. The van der Waals surface area contributed by atoms with Gasteiger partial charge in [-0.05, 0) is 39.5 Å². The highest BCUT2D eigenvalue weighted by Gasteiger charge is 2.41. The summed E-state index contributed by atoms with van der Waals surface area (Å²) in [6.07, 6.45) is -0.597. The summed E-state index contributed by atoms with van der Waals surface area (Å²) in [6.45, 7) is 8.69. The lowest BCUT2D eigenvalue weighted by Crippen LogP contribution is -2.54. The number of carbonyl (C=O) groups is 3. The second kappa shape index (κ2) is 9.72. The molecule has 0 saturated carbocycles. The van der Waals surface area contributed by atoms with Gasteiger partial charge in [-0.25, -0.2) is 4.79 Å². The van der Waals surface area contributed by atoms with Crippen LogP contribution < -0.4 is 5.32 Å². The predicted molar refractivity (Wildman–Crippen MR) is 133 cm³/mol. The fraction of sp³-hybridized carbons (Fsp3) is 0.464. The van der Waals surface area contributed by atoms with Gasteiger partial charge in [0.05, 0.1) is 6.42 Å². The Labute approximate surface area is 206 Å². The van der Waals surface area contributed by atoms with Crippen molar-refractivity contribution < 1.29 is 24.2 Å². The van der Waals surface area contributed by atoms with Gasteiger partial charge in [-0.2, -0.15) is 0 Å². The summed E-state index contributed by atoms with van der Waals surface area (Å²) in [7, 11) is 0. The normalized spacial score (nSPS) is 20.2. The minimum absolute atomic E-state index is 0.0327. The molecular formula is C28H34N2O5. The van der Waals surface area contributed by atoms with Crippen LogP contribution in [0.25, 0.3) is 11.1 Å². The van der Waals surface area contributed by atoms with Crippen LogP contribution in [0.4, 0.5) is 4.79 Å². The molecule has 3 atom stereocenters. The fourth-order valence-electron chi connectivity index (χ4n) is 5.29. The molecule has 2 N–H and O–H groups in total. The molecule has 1 aliphatic carbocycles. The van der Waals surface area contributed by atoms with Crippen LogP contribution in [0.15, 0.2) is 48.5 Å². The second-order valence-electron chi connectivity index (χ2n) is 10.8. The van der Waals surface area contributed by atoms with Gasteiger partial charge in [0.25, 0.3) is 0 Å². The Balaban J connectivity index is 1.43. The molecule has 186 valence electrons. The summed E-state index contributed by atoms with van der Waals surface area (Å²) in [6, 6.07) is 15.5. The molecule has 2 aliphatic rings. The Bertz CT molecular complexity index is 1080. The van der Waals surface area contributed by atoms with Crippen molar-refractivity contribution in [3.63, 3.8) is 0 Å². The average Bonchev–Trinajstić information content (AvgIpc) is 3.32. The molecule has 4 rings (SSSR count). The third kappa shape index (κ3) is 5.19. The van der Waals surface area contributed by atoms with Gasteiger partial charge in [-0.1, -0.05) is 76.2 Å². The number of carboxylic acids is 1. The van der Waals surface area contributed by atoms with Crippen molar-refractivity contribution >= 4 is 18.0 Å². The smallest absolute Gasteiger partial charge is 0.407 e. The molecule has 0 aromatic heterocycles. The quantitative estimate of drug-likeness (QED) is 0.637. The van der Waals surface area contributed by atoms with Gasteiger partial charge in [0, 0.05) is 19.0 Å². The fourth-order valence-corrected chi connectivity index (χ4v) is 5.29. The summed E-state index contributed by atoms with van der Waals surface area (Å²) in [5.74, 6) is -1.13. The minimum Gasteiger partial charge on any atom is -0.481 e. The third-order valence-electron chi connectivity index (χ3n) is 7.24. The van der Waals surface area contributed by atoms with E-state index >= 15 is 0 Å². The number of aliphatic carboxylic acids is 1. The van der Waals surface area contributed by atoms with Crippen LogP contribution in [0.5, 0.6) is 0 Å². The van der Waals surface area contributed by atoms with E-state index in [0.29, 0.717) is 13.1 Å². The van der Waals surface area contributed by atoms with E-state index in [4.69, 9.17) is 9.84 Å². The van der Waals surface area contributed by atoms with E-state index in [1.807, 2.05) is 52.0 Å². The molecule has 7 nitrogen and oxygen atoms in total. The van der Waals surface area contributed by atoms with E-state index in [2.05, 4.69) is 29.6 Å². The number of rotatable bonds is 6. The zero-order valence-electron chi connectivity index (χ0n) is 20.8. The zero-order chi connectivity index (χ0) is 25.3. The molecular weight excluding hydrogens is 444 g/mol. The lowest BCUT2D eigenvalue weighted by Gasteiger charge is -2.33. The molecule has 35 heavy (non-hydrogen) atoms. The maximum Gasteiger partial charge on any atom is 0.407 e. The number of nitrogens with one attached hydrogen (secondary N) is 1.